The standard InChI is InChI=1S/C9H12N2O4S/c12-6(3-11-5-16-4-7(11)13)10-9(1-2-9)8(14)15/h1-5H2,(H,10,12)(H,14,15). The van der Waals surface area contributed by atoms with E-state index in [4.69, 9.17) is 5.11 Å². The van der Waals surface area contributed by atoms with Crippen molar-refractivity contribution >= 4 is 29.5 Å². The number of amides is 2. The minimum Gasteiger partial charge on any atom is -0.480 e. The summed E-state index contributed by atoms with van der Waals surface area (Å²) in [6.07, 6.45) is 0.938. The number of rotatable bonds is 4. The third-order valence-electron chi connectivity index (χ3n) is 2.70. The lowest BCUT2D eigenvalue weighted by Gasteiger charge is -2.17. The summed E-state index contributed by atoms with van der Waals surface area (Å²) >= 11 is 1.45. The fourth-order valence-electron chi connectivity index (χ4n) is 1.54. The highest BCUT2D eigenvalue weighted by atomic mass is 32.2. The molecule has 1 aliphatic carbocycles. The van der Waals surface area contributed by atoms with E-state index in [1.54, 1.807) is 0 Å². The van der Waals surface area contributed by atoms with Crippen molar-refractivity contribution in [1.29, 1.82) is 0 Å². The number of hydrogen-bond donors (Lipinski definition) is 2. The molecule has 0 aromatic heterocycles. The Labute approximate surface area is 96.4 Å². The second kappa shape index (κ2) is 3.97. The number of hydrogen-bond acceptors (Lipinski definition) is 4. The molecule has 2 amide bonds. The molecule has 88 valence electrons. The highest BCUT2D eigenvalue weighted by molar-refractivity contribution is 8.00. The van der Waals surface area contributed by atoms with E-state index in [-0.39, 0.29) is 12.5 Å². The first-order valence-electron chi connectivity index (χ1n) is 4.93. The van der Waals surface area contributed by atoms with Gasteiger partial charge in [0.1, 0.15) is 12.1 Å². The third kappa shape index (κ3) is 2.13. The molecule has 0 unspecified atom stereocenters. The predicted octanol–water partition coefficient (Wildman–Crippen LogP) is -0.747. The van der Waals surface area contributed by atoms with Crippen LogP contribution in [0.3, 0.4) is 0 Å². The van der Waals surface area contributed by atoms with Crippen molar-refractivity contribution in [1.82, 2.24) is 10.2 Å². The molecule has 0 radical (unpaired) electrons. The molecule has 0 atom stereocenters. The number of nitrogens with one attached hydrogen (secondary N) is 1. The number of aliphatic carboxylic acids is 1. The van der Waals surface area contributed by atoms with Gasteiger partial charge in [0.05, 0.1) is 11.6 Å². The van der Waals surface area contributed by atoms with Crippen molar-refractivity contribution < 1.29 is 19.5 Å². The van der Waals surface area contributed by atoms with Gasteiger partial charge in [-0.3, -0.25) is 9.59 Å². The van der Waals surface area contributed by atoms with E-state index in [1.807, 2.05) is 0 Å². The maximum Gasteiger partial charge on any atom is 0.329 e. The first-order valence-corrected chi connectivity index (χ1v) is 6.09. The van der Waals surface area contributed by atoms with Crippen LogP contribution in [0.2, 0.25) is 0 Å². The van der Waals surface area contributed by atoms with Crippen LogP contribution in [0.1, 0.15) is 12.8 Å². The Morgan fingerprint density at radius 2 is 2.19 bits per heavy atom. The van der Waals surface area contributed by atoms with Crippen LogP contribution in [0.5, 0.6) is 0 Å². The van der Waals surface area contributed by atoms with Gasteiger partial charge >= 0.3 is 5.97 Å². The van der Waals surface area contributed by atoms with E-state index in [9.17, 15) is 14.4 Å². The van der Waals surface area contributed by atoms with Gasteiger partial charge < -0.3 is 15.3 Å². The zero-order chi connectivity index (χ0) is 11.8. The maximum atomic E-state index is 11.5. The number of carbonyl (C=O) groups is 3. The summed E-state index contributed by atoms with van der Waals surface area (Å²) in [7, 11) is 0. The van der Waals surface area contributed by atoms with Crippen LogP contribution in [0, 0.1) is 0 Å². The Bertz CT molecular complexity index is 353. The molecular formula is C9H12N2O4S. The zero-order valence-corrected chi connectivity index (χ0v) is 9.38. The molecule has 16 heavy (non-hydrogen) atoms. The Morgan fingerprint density at radius 1 is 1.50 bits per heavy atom. The van der Waals surface area contributed by atoms with Crippen LogP contribution in [0.4, 0.5) is 0 Å². The Hall–Kier alpha value is -1.24. The normalized spacial score (nSPS) is 22.0. The SMILES string of the molecule is O=C(CN1CSCC1=O)NC1(C(=O)O)CC1. The van der Waals surface area contributed by atoms with Gasteiger partial charge in [-0.15, -0.1) is 11.8 Å². The van der Waals surface area contributed by atoms with Gasteiger partial charge in [-0.1, -0.05) is 0 Å². The smallest absolute Gasteiger partial charge is 0.329 e. The molecule has 0 aromatic rings. The van der Waals surface area contributed by atoms with Crippen molar-refractivity contribution in [2.45, 2.75) is 18.4 Å². The van der Waals surface area contributed by atoms with Crippen LogP contribution in [-0.4, -0.2) is 51.5 Å². The summed E-state index contributed by atoms with van der Waals surface area (Å²) in [5, 5.41) is 11.3. The van der Waals surface area contributed by atoms with Gasteiger partial charge in [0.2, 0.25) is 11.8 Å². The zero-order valence-electron chi connectivity index (χ0n) is 8.56. The van der Waals surface area contributed by atoms with Crippen LogP contribution in [0.15, 0.2) is 0 Å². The molecule has 1 saturated heterocycles. The molecule has 2 aliphatic rings. The number of carbonyl (C=O) groups excluding carboxylic acids is 2. The van der Waals surface area contributed by atoms with Crippen LogP contribution in [-0.2, 0) is 14.4 Å². The summed E-state index contributed by atoms with van der Waals surface area (Å²) in [6.45, 7) is -0.0408. The molecule has 0 aromatic carbocycles. The maximum absolute atomic E-state index is 11.5. The summed E-state index contributed by atoms with van der Waals surface area (Å²) in [5.41, 5.74) is -1.06. The van der Waals surface area contributed by atoms with E-state index in [0.29, 0.717) is 24.5 Å². The minimum absolute atomic E-state index is 0.0408. The fourth-order valence-corrected chi connectivity index (χ4v) is 2.44. The summed E-state index contributed by atoms with van der Waals surface area (Å²) in [4.78, 5) is 35.0. The summed E-state index contributed by atoms with van der Waals surface area (Å²) in [5.74, 6) is -0.553. The van der Waals surface area contributed by atoms with E-state index in [2.05, 4.69) is 5.32 Å². The van der Waals surface area contributed by atoms with Crippen LogP contribution >= 0.6 is 11.8 Å². The van der Waals surface area contributed by atoms with Gasteiger partial charge in [-0.25, -0.2) is 4.79 Å². The van der Waals surface area contributed by atoms with Crippen LogP contribution < -0.4 is 5.32 Å². The number of carboxylic acid groups (broad SMARTS) is 1. The molecule has 6 nitrogen and oxygen atoms in total. The van der Waals surface area contributed by atoms with Gasteiger partial charge in [0.15, 0.2) is 0 Å². The Balaban J connectivity index is 1.85. The second-order valence-corrected chi connectivity index (χ2v) is 4.96. The molecule has 1 saturated carbocycles. The van der Waals surface area contributed by atoms with Gasteiger partial charge in [0, 0.05) is 0 Å². The van der Waals surface area contributed by atoms with Crippen molar-refractivity contribution in [3.8, 4) is 0 Å². The first kappa shape index (κ1) is 11.3. The topological polar surface area (TPSA) is 86.7 Å². The van der Waals surface area contributed by atoms with Gasteiger partial charge in [-0.05, 0) is 12.8 Å². The lowest BCUT2D eigenvalue weighted by atomic mass is 10.2. The van der Waals surface area contributed by atoms with E-state index in [0.717, 1.165) is 0 Å². The second-order valence-electron chi connectivity index (χ2n) is 4.00. The third-order valence-corrected chi connectivity index (χ3v) is 3.64. The van der Waals surface area contributed by atoms with Gasteiger partial charge in [0.25, 0.3) is 0 Å². The lowest BCUT2D eigenvalue weighted by molar-refractivity contribution is -0.143. The van der Waals surface area contributed by atoms with Gasteiger partial charge in [-0.2, -0.15) is 0 Å². The monoisotopic (exact) mass is 244 g/mol. The predicted molar refractivity (Wildman–Crippen MR) is 56.8 cm³/mol. The Morgan fingerprint density at radius 3 is 2.62 bits per heavy atom. The number of carboxylic acids is 1. The molecular weight excluding hydrogens is 232 g/mol. The largest absolute Gasteiger partial charge is 0.480 e. The average molecular weight is 244 g/mol. The molecule has 7 heteroatoms. The molecule has 1 heterocycles. The summed E-state index contributed by atoms with van der Waals surface area (Å²) in [6, 6.07) is 0. The highest BCUT2D eigenvalue weighted by Crippen LogP contribution is 2.35. The Kier molecular flexibility index (Phi) is 2.79. The molecule has 2 fully saturated rings. The number of thioether (sulfide) groups is 1. The van der Waals surface area contributed by atoms with Crippen molar-refractivity contribution in [2.75, 3.05) is 18.2 Å². The summed E-state index contributed by atoms with van der Waals surface area (Å²) < 4.78 is 0. The van der Waals surface area contributed by atoms with E-state index in [1.165, 1.54) is 16.7 Å². The van der Waals surface area contributed by atoms with Crippen molar-refractivity contribution in [3.05, 3.63) is 0 Å². The van der Waals surface area contributed by atoms with E-state index < -0.39 is 17.4 Å². The van der Waals surface area contributed by atoms with E-state index >= 15 is 0 Å². The molecule has 0 spiro atoms. The minimum atomic E-state index is -1.06. The molecule has 1 aliphatic heterocycles. The lowest BCUT2D eigenvalue weighted by Crippen LogP contribution is -2.47. The average Bonchev–Trinajstić information content (AvgIpc) is 2.88. The molecule has 2 N–H and O–H groups in total. The fraction of sp³-hybridized carbons (Fsp3) is 0.667. The molecule has 0 bridgehead atoms. The first-order chi connectivity index (χ1) is 7.53. The number of nitrogens with zero attached hydrogens (tertiary/aromatic N) is 1. The quantitative estimate of drug-likeness (QED) is 0.679. The highest BCUT2D eigenvalue weighted by Gasteiger charge is 2.51. The van der Waals surface area contributed by atoms with Crippen molar-refractivity contribution in [2.24, 2.45) is 0 Å². The van der Waals surface area contributed by atoms with Crippen molar-refractivity contribution in [3.63, 3.8) is 0 Å². The molecule has 2 rings (SSSR count). The van der Waals surface area contributed by atoms with Crippen LogP contribution in [0.25, 0.3) is 0 Å².